The maximum atomic E-state index is 6.01. The Morgan fingerprint density at radius 1 is 1.50 bits per heavy atom. The number of nitrogens with two attached hydrogens (primary N) is 1. The van der Waals surface area contributed by atoms with Crippen molar-refractivity contribution in [1.82, 2.24) is 0 Å². The Kier molecular flexibility index (Phi) is 2.34. The van der Waals surface area contributed by atoms with Gasteiger partial charge in [-0.3, -0.25) is 0 Å². The minimum atomic E-state index is 0.395. The second kappa shape index (κ2) is 3.27. The van der Waals surface area contributed by atoms with Crippen molar-refractivity contribution in [2.75, 3.05) is 5.73 Å². The molecule has 14 heavy (non-hydrogen) atoms. The average molecular weight is 209 g/mol. The van der Waals surface area contributed by atoms with Crippen LogP contribution in [0, 0.1) is 6.92 Å². The van der Waals surface area contributed by atoms with Crippen LogP contribution in [0.5, 0.6) is 0 Å². The molecule has 0 aromatic carbocycles. The maximum absolute atomic E-state index is 6.01. The normalized spacial score (nSPS) is 26.2. The quantitative estimate of drug-likeness (QED) is 0.750. The van der Waals surface area contributed by atoms with Gasteiger partial charge in [0.15, 0.2) is 0 Å². The van der Waals surface area contributed by atoms with E-state index in [9.17, 15) is 0 Å². The van der Waals surface area contributed by atoms with Crippen LogP contribution in [-0.4, -0.2) is 0 Å². The molecule has 78 valence electrons. The molecule has 1 aromatic heterocycles. The number of nitrogen functional groups attached to an aromatic ring is 1. The first-order valence-electron chi connectivity index (χ1n) is 5.46. The Morgan fingerprint density at radius 2 is 2.21 bits per heavy atom. The highest BCUT2D eigenvalue weighted by Crippen LogP contribution is 2.46. The molecular formula is C12H19NS. The molecule has 0 fully saturated rings. The van der Waals surface area contributed by atoms with Crippen molar-refractivity contribution >= 4 is 16.3 Å². The van der Waals surface area contributed by atoms with E-state index in [0.717, 1.165) is 5.00 Å². The van der Waals surface area contributed by atoms with Gasteiger partial charge in [-0.2, -0.15) is 0 Å². The molecule has 0 spiro atoms. The van der Waals surface area contributed by atoms with E-state index in [-0.39, 0.29) is 0 Å². The van der Waals surface area contributed by atoms with E-state index < -0.39 is 0 Å². The highest BCUT2D eigenvalue weighted by Gasteiger charge is 2.33. The predicted octanol–water partition coefficient (Wildman–Crippen LogP) is 3.64. The van der Waals surface area contributed by atoms with Gasteiger partial charge in [0.25, 0.3) is 0 Å². The molecular weight excluding hydrogens is 190 g/mol. The molecule has 0 amide bonds. The Morgan fingerprint density at radius 3 is 2.86 bits per heavy atom. The van der Waals surface area contributed by atoms with Gasteiger partial charge in [-0.25, -0.2) is 0 Å². The number of anilines is 1. The van der Waals surface area contributed by atoms with E-state index in [0.29, 0.717) is 5.41 Å². The van der Waals surface area contributed by atoms with Gasteiger partial charge in [0.1, 0.15) is 0 Å². The van der Waals surface area contributed by atoms with E-state index in [2.05, 4.69) is 20.8 Å². The molecule has 2 N–H and O–H groups in total. The van der Waals surface area contributed by atoms with Crippen LogP contribution in [0.25, 0.3) is 0 Å². The average Bonchev–Trinajstić information content (AvgIpc) is 2.44. The molecule has 2 rings (SSSR count). The number of aryl methyl sites for hydroxylation is 1. The largest absolute Gasteiger partial charge is 0.390 e. The summed E-state index contributed by atoms with van der Waals surface area (Å²) in [6.07, 6.45) is 5.13. The Labute approximate surface area is 90.3 Å². The Hall–Kier alpha value is -0.500. The van der Waals surface area contributed by atoms with Crippen molar-refractivity contribution < 1.29 is 0 Å². The summed E-state index contributed by atoms with van der Waals surface area (Å²) in [5.41, 5.74) is 9.34. The van der Waals surface area contributed by atoms with Crippen molar-refractivity contribution in [1.29, 1.82) is 0 Å². The highest BCUT2D eigenvalue weighted by molar-refractivity contribution is 7.16. The second-order valence-corrected chi connectivity index (χ2v) is 5.79. The molecule has 2 heteroatoms. The molecule has 0 bridgehead atoms. The fourth-order valence-electron chi connectivity index (χ4n) is 2.68. The molecule has 0 saturated heterocycles. The molecule has 0 saturated carbocycles. The molecule has 0 radical (unpaired) electrons. The zero-order valence-corrected chi connectivity index (χ0v) is 10.1. The van der Waals surface area contributed by atoms with Crippen LogP contribution in [0.15, 0.2) is 0 Å². The first kappa shape index (κ1) is 10.0. The highest BCUT2D eigenvalue weighted by atomic mass is 32.1. The number of hydrogen-bond acceptors (Lipinski definition) is 2. The fraction of sp³-hybridized carbons (Fsp3) is 0.667. The Balaban J connectivity index is 2.58. The zero-order valence-electron chi connectivity index (χ0n) is 9.31. The summed E-state index contributed by atoms with van der Waals surface area (Å²) >= 11 is 1.81. The zero-order chi connectivity index (χ0) is 10.3. The number of rotatable bonds is 1. The topological polar surface area (TPSA) is 26.0 Å². The monoisotopic (exact) mass is 209 g/mol. The lowest BCUT2D eigenvalue weighted by atomic mass is 9.71. The van der Waals surface area contributed by atoms with Gasteiger partial charge in [-0.1, -0.05) is 13.8 Å². The van der Waals surface area contributed by atoms with E-state index in [1.807, 2.05) is 11.3 Å². The van der Waals surface area contributed by atoms with Crippen LogP contribution in [0.1, 0.15) is 49.1 Å². The van der Waals surface area contributed by atoms with E-state index in [4.69, 9.17) is 5.73 Å². The van der Waals surface area contributed by atoms with Crippen molar-refractivity contribution in [3.63, 3.8) is 0 Å². The van der Waals surface area contributed by atoms with Gasteiger partial charge in [0, 0.05) is 4.88 Å². The third-order valence-corrected chi connectivity index (χ3v) is 4.95. The van der Waals surface area contributed by atoms with Gasteiger partial charge in [0.2, 0.25) is 0 Å². The lowest BCUT2D eigenvalue weighted by Gasteiger charge is -2.34. The summed E-state index contributed by atoms with van der Waals surface area (Å²) in [6, 6.07) is 0. The third kappa shape index (κ3) is 1.28. The summed E-state index contributed by atoms with van der Waals surface area (Å²) in [5.74, 6) is 0. The van der Waals surface area contributed by atoms with Crippen LogP contribution in [0.2, 0.25) is 0 Å². The smallest absolute Gasteiger partial charge is 0.0891 e. The third-order valence-electron chi connectivity index (χ3n) is 3.77. The van der Waals surface area contributed by atoms with Crippen molar-refractivity contribution in [2.24, 2.45) is 0 Å². The predicted molar refractivity (Wildman–Crippen MR) is 64.0 cm³/mol. The maximum Gasteiger partial charge on any atom is 0.0891 e. The van der Waals surface area contributed by atoms with E-state index >= 15 is 0 Å². The molecule has 1 aromatic rings. The summed E-state index contributed by atoms with van der Waals surface area (Å²) in [5, 5.41) is 1.04. The molecule has 1 nitrogen and oxygen atoms in total. The number of thiophene rings is 1. The molecule has 1 aliphatic carbocycles. The minimum Gasteiger partial charge on any atom is -0.390 e. The summed E-state index contributed by atoms with van der Waals surface area (Å²) < 4.78 is 0. The van der Waals surface area contributed by atoms with Gasteiger partial charge in [0.05, 0.1) is 5.00 Å². The van der Waals surface area contributed by atoms with Crippen molar-refractivity contribution in [3.8, 4) is 0 Å². The first-order chi connectivity index (χ1) is 6.58. The summed E-state index contributed by atoms with van der Waals surface area (Å²) in [4.78, 5) is 1.55. The van der Waals surface area contributed by atoms with Crippen LogP contribution in [0.3, 0.4) is 0 Å². The second-order valence-electron chi connectivity index (χ2n) is 4.66. The standard InChI is InChI=1S/C12H19NS/c1-4-12(3)7-5-6-9-10(12)8(2)11(13)14-9/h4-7,13H2,1-3H3. The van der Waals surface area contributed by atoms with Crippen LogP contribution in [0.4, 0.5) is 5.00 Å². The van der Waals surface area contributed by atoms with Crippen LogP contribution < -0.4 is 5.73 Å². The summed E-state index contributed by atoms with van der Waals surface area (Å²) in [7, 11) is 0. The van der Waals surface area contributed by atoms with E-state index in [1.165, 1.54) is 31.2 Å². The molecule has 1 heterocycles. The number of hydrogen-bond donors (Lipinski definition) is 1. The lowest BCUT2D eigenvalue weighted by molar-refractivity contribution is 0.383. The van der Waals surface area contributed by atoms with E-state index in [1.54, 1.807) is 10.4 Å². The SMILES string of the molecule is CCC1(C)CCCc2sc(N)c(C)c21. The fourth-order valence-corrected chi connectivity index (χ4v) is 3.94. The van der Waals surface area contributed by atoms with Crippen LogP contribution >= 0.6 is 11.3 Å². The van der Waals surface area contributed by atoms with Gasteiger partial charge < -0.3 is 5.73 Å². The summed E-state index contributed by atoms with van der Waals surface area (Å²) in [6.45, 7) is 6.87. The molecule has 1 aliphatic rings. The van der Waals surface area contributed by atoms with Crippen molar-refractivity contribution in [3.05, 3.63) is 16.0 Å². The van der Waals surface area contributed by atoms with Crippen molar-refractivity contribution in [2.45, 2.75) is 51.9 Å². The molecule has 1 unspecified atom stereocenters. The molecule has 0 aliphatic heterocycles. The van der Waals surface area contributed by atoms with Crippen LogP contribution in [-0.2, 0) is 11.8 Å². The Bertz CT molecular complexity index is 353. The van der Waals surface area contributed by atoms with Gasteiger partial charge in [-0.05, 0) is 49.1 Å². The number of fused-ring (bicyclic) bond motifs is 1. The van der Waals surface area contributed by atoms with Gasteiger partial charge in [-0.15, -0.1) is 11.3 Å². The lowest BCUT2D eigenvalue weighted by Crippen LogP contribution is -2.26. The first-order valence-corrected chi connectivity index (χ1v) is 6.28. The van der Waals surface area contributed by atoms with Gasteiger partial charge >= 0.3 is 0 Å². The molecule has 1 atom stereocenters. The minimum absolute atomic E-state index is 0.395.